The molecule has 0 radical (unpaired) electrons. The predicted octanol–water partition coefficient (Wildman–Crippen LogP) is 5.07. The third-order valence-corrected chi connectivity index (χ3v) is 4.51. The van der Waals surface area contributed by atoms with E-state index in [9.17, 15) is 4.79 Å². The summed E-state index contributed by atoms with van der Waals surface area (Å²) in [6.45, 7) is 3.95. The maximum atomic E-state index is 12.4. The van der Waals surface area contributed by atoms with E-state index in [-0.39, 0.29) is 0 Å². The SMILES string of the molecule is Cc1noc(-c2ccc(CN)cc2)c1NC(=O)O[C@H](C)c1ccccc1Cl. The Morgan fingerprint density at radius 2 is 1.96 bits per heavy atom. The topological polar surface area (TPSA) is 90.4 Å². The summed E-state index contributed by atoms with van der Waals surface area (Å²) in [4.78, 5) is 12.4. The number of nitrogens with two attached hydrogens (primary N) is 1. The molecule has 1 heterocycles. The van der Waals surface area contributed by atoms with Crippen molar-refractivity contribution in [3.63, 3.8) is 0 Å². The summed E-state index contributed by atoms with van der Waals surface area (Å²) in [6, 6.07) is 14.8. The van der Waals surface area contributed by atoms with E-state index >= 15 is 0 Å². The van der Waals surface area contributed by atoms with Gasteiger partial charge in [-0.3, -0.25) is 5.32 Å². The first-order valence-electron chi connectivity index (χ1n) is 8.47. The highest BCUT2D eigenvalue weighted by Gasteiger charge is 2.20. The maximum absolute atomic E-state index is 12.4. The first-order chi connectivity index (χ1) is 13.0. The number of carbonyl (C=O) groups is 1. The van der Waals surface area contributed by atoms with Crippen molar-refractivity contribution in [1.29, 1.82) is 0 Å². The Labute approximate surface area is 162 Å². The van der Waals surface area contributed by atoms with Crippen LogP contribution < -0.4 is 11.1 Å². The molecular formula is C20H20ClN3O3. The average Bonchev–Trinajstić information content (AvgIpc) is 3.02. The fourth-order valence-corrected chi connectivity index (χ4v) is 2.96. The Bertz CT molecular complexity index is 938. The number of halogens is 1. The van der Waals surface area contributed by atoms with E-state index in [2.05, 4.69) is 10.5 Å². The van der Waals surface area contributed by atoms with E-state index in [0.29, 0.717) is 28.7 Å². The van der Waals surface area contributed by atoms with Crippen LogP contribution in [0.2, 0.25) is 5.02 Å². The van der Waals surface area contributed by atoms with Gasteiger partial charge in [-0.15, -0.1) is 0 Å². The zero-order valence-corrected chi connectivity index (χ0v) is 15.8. The molecule has 0 aliphatic carbocycles. The van der Waals surface area contributed by atoms with E-state index in [1.54, 1.807) is 19.9 Å². The molecule has 1 atom stereocenters. The van der Waals surface area contributed by atoms with Crippen LogP contribution in [-0.2, 0) is 11.3 Å². The van der Waals surface area contributed by atoms with Crippen molar-refractivity contribution in [3.05, 3.63) is 70.4 Å². The van der Waals surface area contributed by atoms with E-state index in [0.717, 1.165) is 16.7 Å². The van der Waals surface area contributed by atoms with E-state index < -0.39 is 12.2 Å². The number of rotatable bonds is 5. The first-order valence-corrected chi connectivity index (χ1v) is 8.85. The third kappa shape index (κ3) is 4.30. The largest absolute Gasteiger partial charge is 0.441 e. The Morgan fingerprint density at radius 3 is 2.63 bits per heavy atom. The van der Waals surface area contributed by atoms with E-state index in [4.69, 9.17) is 26.6 Å². The number of aryl methyl sites for hydroxylation is 1. The van der Waals surface area contributed by atoms with Gasteiger partial charge in [-0.05, 0) is 25.5 Å². The van der Waals surface area contributed by atoms with Crippen LogP contribution in [0.4, 0.5) is 10.5 Å². The van der Waals surface area contributed by atoms with Crippen LogP contribution in [0.15, 0.2) is 53.1 Å². The van der Waals surface area contributed by atoms with Gasteiger partial charge in [0.1, 0.15) is 17.5 Å². The molecule has 27 heavy (non-hydrogen) atoms. The molecule has 0 saturated carbocycles. The lowest BCUT2D eigenvalue weighted by atomic mass is 10.1. The van der Waals surface area contributed by atoms with Gasteiger partial charge in [0.2, 0.25) is 0 Å². The number of hydrogen-bond acceptors (Lipinski definition) is 5. The lowest BCUT2D eigenvalue weighted by Crippen LogP contribution is -2.17. The van der Waals surface area contributed by atoms with Gasteiger partial charge in [-0.2, -0.15) is 0 Å². The zero-order valence-electron chi connectivity index (χ0n) is 15.0. The molecule has 0 aliphatic rings. The molecular weight excluding hydrogens is 366 g/mol. The van der Waals surface area contributed by atoms with Crippen LogP contribution >= 0.6 is 11.6 Å². The first kappa shape index (κ1) is 18.9. The second kappa shape index (κ2) is 8.24. The minimum Gasteiger partial charge on any atom is -0.441 e. The lowest BCUT2D eigenvalue weighted by Gasteiger charge is -2.15. The Balaban J connectivity index is 1.76. The molecule has 3 aromatic rings. The summed E-state index contributed by atoms with van der Waals surface area (Å²) in [6.07, 6.45) is -1.13. The molecule has 140 valence electrons. The second-order valence-electron chi connectivity index (χ2n) is 6.07. The highest BCUT2D eigenvalue weighted by molar-refractivity contribution is 6.31. The molecule has 0 aliphatic heterocycles. The zero-order chi connectivity index (χ0) is 19.4. The fourth-order valence-electron chi connectivity index (χ4n) is 2.67. The summed E-state index contributed by atoms with van der Waals surface area (Å²) in [5.41, 5.74) is 9.15. The minimum absolute atomic E-state index is 0.451. The molecule has 1 aromatic heterocycles. The van der Waals surface area contributed by atoms with E-state index in [1.807, 2.05) is 42.5 Å². The molecule has 1 amide bonds. The molecule has 3 rings (SSSR count). The van der Waals surface area contributed by atoms with E-state index in [1.165, 1.54) is 0 Å². The highest BCUT2D eigenvalue weighted by Crippen LogP contribution is 2.32. The van der Waals surface area contributed by atoms with Crippen molar-refractivity contribution in [2.45, 2.75) is 26.5 Å². The normalized spacial score (nSPS) is 11.9. The number of hydrogen-bond donors (Lipinski definition) is 2. The Kier molecular flexibility index (Phi) is 5.78. The van der Waals surface area contributed by atoms with Gasteiger partial charge < -0.3 is 15.0 Å². The van der Waals surface area contributed by atoms with Crippen LogP contribution in [0.3, 0.4) is 0 Å². The van der Waals surface area contributed by atoms with Crippen molar-refractivity contribution in [1.82, 2.24) is 5.16 Å². The van der Waals surface area contributed by atoms with Crippen molar-refractivity contribution >= 4 is 23.4 Å². The maximum Gasteiger partial charge on any atom is 0.412 e. The van der Waals surface area contributed by atoms with Gasteiger partial charge >= 0.3 is 6.09 Å². The molecule has 2 aromatic carbocycles. The molecule has 0 spiro atoms. The Hall–Kier alpha value is -2.83. The van der Waals surface area contributed by atoms with Gasteiger partial charge in [0.15, 0.2) is 5.76 Å². The second-order valence-corrected chi connectivity index (χ2v) is 6.47. The number of nitrogens with zero attached hydrogens (tertiary/aromatic N) is 1. The smallest absolute Gasteiger partial charge is 0.412 e. The summed E-state index contributed by atoms with van der Waals surface area (Å²) < 4.78 is 10.8. The fraction of sp³-hybridized carbons (Fsp3) is 0.200. The van der Waals surface area contributed by atoms with Gasteiger partial charge in [0.25, 0.3) is 0 Å². The number of amides is 1. The molecule has 0 bridgehead atoms. The van der Waals surface area contributed by atoms with Crippen LogP contribution in [0.1, 0.15) is 29.8 Å². The Morgan fingerprint density at radius 1 is 1.26 bits per heavy atom. The van der Waals surface area contributed by atoms with Gasteiger partial charge in [-0.1, -0.05) is 59.2 Å². The summed E-state index contributed by atoms with van der Waals surface area (Å²) in [7, 11) is 0. The van der Waals surface area contributed by atoms with Crippen molar-refractivity contribution in [2.75, 3.05) is 5.32 Å². The van der Waals surface area contributed by atoms with Crippen molar-refractivity contribution in [3.8, 4) is 11.3 Å². The number of ether oxygens (including phenoxy) is 1. The molecule has 6 nitrogen and oxygen atoms in total. The van der Waals surface area contributed by atoms with Crippen molar-refractivity contribution < 1.29 is 14.1 Å². The highest BCUT2D eigenvalue weighted by atomic mass is 35.5. The van der Waals surface area contributed by atoms with Crippen LogP contribution in [0, 0.1) is 6.92 Å². The van der Waals surface area contributed by atoms with Gasteiger partial charge in [0.05, 0.1) is 0 Å². The monoisotopic (exact) mass is 385 g/mol. The molecule has 0 saturated heterocycles. The molecule has 0 fully saturated rings. The number of nitrogens with one attached hydrogen (secondary N) is 1. The van der Waals surface area contributed by atoms with Crippen LogP contribution in [0.25, 0.3) is 11.3 Å². The summed E-state index contributed by atoms with van der Waals surface area (Å²) >= 11 is 6.15. The predicted molar refractivity (Wildman–Crippen MR) is 105 cm³/mol. The number of carbonyl (C=O) groups excluding carboxylic acids is 1. The van der Waals surface area contributed by atoms with Crippen LogP contribution in [0.5, 0.6) is 0 Å². The number of benzene rings is 2. The van der Waals surface area contributed by atoms with Crippen LogP contribution in [-0.4, -0.2) is 11.2 Å². The van der Waals surface area contributed by atoms with Gasteiger partial charge in [0, 0.05) is 22.7 Å². The molecule has 3 N–H and O–H groups in total. The van der Waals surface area contributed by atoms with Crippen molar-refractivity contribution in [2.24, 2.45) is 5.73 Å². The standard InChI is InChI=1S/C20H20ClN3O3/c1-12-18(19(27-24-12)15-9-7-14(11-22)8-10-15)23-20(25)26-13(2)16-5-3-4-6-17(16)21/h3-10,13H,11,22H2,1-2H3,(H,23,25)/t13-/m1/s1. The molecule has 7 heteroatoms. The molecule has 0 unspecified atom stereocenters. The quantitative estimate of drug-likeness (QED) is 0.639. The van der Waals surface area contributed by atoms with Gasteiger partial charge in [-0.25, -0.2) is 4.79 Å². The summed E-state index contributed by atoms with van der Waals surface area (Å²) in [5, 5.41) is 7.21. The third-order valence-electron chi connectivity index (χ3n) is 4.17. The summed E-state index contributed by atoms with van der Waals surface area (Å²) in [5.74, 6) is 0.457. The lowest BCUT2D eigenvalue weighted by molar-refractivity contribution is 0.121. The minimum atomic E-state index is -0.617. The number of aromatic nitrogens is 1. The number of anilines is 1. The average molecular weight is 386 g/mol.